The number of para-hydroxylation sites is 2. The summed E-state index contributed by atoms with van der Waals surface area (Å²) in [6, 6.07) is 7.74. The number of benzene rings is 1. The van der Waals surface area contributed by atoms with E-state index in [1.807, 2.05) is 31.2 Å². The minimum Gasteiger partial charge on any atom is -0.324 e. The first-order chi connectivity index (χ1) is 9.23. The first kappa shape index (κ1) is 14.8. The SMILES string of the molecule is CCC1(C(=O)Nc2nc3ccccc3[nH]2)CCCN1.Cl. The first-order valence-corrected chi connectivity index (χ1v) is 6.75. The maximum atomic E-state index is 12.4. The fourth-order valence-electron chi connectivity index (χ4n) is 2.70. The predicted molar refractivity (Wildman–Crippen MR) is 82.2 cm³/mol. The summed E-state index contributed by atoms with van der Waals surface area (Å²) in [5.41, 5.74) is 1.37. The molecule has 3 N–H and O–H groups in total. The van der Waals surface area contributed by atoms with E-state index in [2.05, 4.69) is 20.6 Å². The molecule has 20 heavy (non-hydrogen) atoms. The lowest BCUT2D eigenvalue weighted by Crippen LogP contribution is -2.50. The standard InChI is InChI=1S/C14H18N4O.ClH/c1-2-14(8-5-9-15-14)12(19)18-13-16-10-6-3-4-7-11(10)17-13;/h3-4,6-7,15H,2,5,8-9H2,1H3,(H2,16,17,18,19);1H. The number of carbonyl (C=O) groups is 1. The van der Waals surface area contributed by atoms with E-state index in [1.165, 1.54) is 0 Å². The number of halogens is 1. The number of H-pyrrole nitrogens is 1. The van der Waals surface area contributed by atoms with Crippen molar-refractivity contribution in [1.82, 2.24) is 15.3 Å². The summed E-state index contributed by atoms with van der Waals surface area (Å²) in [6.07, 6.45) is 2.72. The van der Waals surface area contributed by atoms with Gasteiger partial charge in [0.1, 0.15) is 0 Å². The highest BCUT2D eigenvalue weighted by Gasteiger charge is 2.39. The normalized spacial score (nSPS) is 21.6. The lowest BCUT2D eigenvalue weighted by molar-refractivity contribution is -0.122. The minimum absolute atomic E-state index is 0. The average molecular weight is 295 g/mol. The topological polar surface area (TPSA) is 69.8 Å². The van der Waals surface area contributed by atoms with Gasteiger partial charge in [-0.05, 0) is 37.9 Å². The molecule has 1 aromatic heterocycles. The highest BCUT2D eigenvalue weighted by Crippen LogP contribution is 2.24. The summed E-state index contributed by atoms with van der Waals surface area (Å²) < 4.78 is 0. The van der Waals surface area contributed by atoms with Crippen LogP contribution in [0.3, 0.4) is 0 Å². The zero-order valence-electron chi connectivity index (χ0n) is 11.4. The summed E-state index contributed by atoms with van der Waals surface area (Å²) in [5.74, 6) is 0.527. The zero-order valence-corrected chi connectivity index (χ0v) is 12.2. The number of aromatic nitrogens is 2. The smallest absolute Gasteiger partial charge is 0.246 e. The van der Waals surface area contributed by atoms with E-state index >= 15 is 0 Å². The Morgan fingerprint density at radius 3 is 2.90 bits per heavy atom. The van der Waals surface area contributed by atoms with Crippen LogP contribution in [0.2, 0.25) is 0 Å². The van der Waals surface area contributed by atoms with E-state index in [0.717, 1.165) is 36.8 Å². The second kappa shape index (κ2) is 5.81. The molecule has 6 heteroatoms. The molecule has 1 amide bonds. The molecule has 5 nitrogen and oxygen atoms in total. The van der Waals surface area contributed by atoms with Crippen LogP contribution in [0.4, 0.5) is 5.95 Å². The third kappa shape index (κ3) is 2.51. The Labute approximate surface area is 124 Å². The third-order valence-electron chi connectivity index (χ3n) is 3.90. The highest BCUT2D eigenvalue weighted by molar-refractivity contribution is 5.98. The van der Waals surface area contributed by atoms with Crippen molar-refractivity contribution in [3.63, 3.8) is 0 Å². The summed E-state index contributed by atoms with van der Waals surface area (Å²) in [4.78, 5) is 19.9. The molecule has 0 radical (unpaired) electrons. The van der Waals surface area contributed by atoms with Gasteiger partial charge in [0, 0.05) is 0 Å². The molecule has 1 atom stereocenters. The molecule has 0 aliphatic carbocycles. The molecule has 0 spiro atoms. The van der Waals surface area contributed by atoms with Gasteiger partial charge in [0.25, 0.3) is 0 Å². The molecule has 1 aromatic carbocycles. The van der Waals surface area contributed by atoms with Crippen LogP contribution in [-0.4, -0.2) is 28.0 Å². The van der Waals surface area contributed by atoms with Gasteiger partial charge in [-0.15, -0.1) is 12.4 Å². The summed E-state index contributed by atoms with van der Waals surface area (Å²) in [5, 5.41) is 6.22. The maximum Gasteiger partial charge on any atom is 0.246 e. The average Bonchev–Trinajstić information content (AvgIpc) is 3.05. The Balaban J connectivity index is 0.00000147. The number of hydrogen-bond acceptors (Lipinski definition) is 3. The van der Waals surface area contributed by atoms with E-state index < -0.39 is 5.54 Å². The number of imidazole rings is 1. The molecular weight excluding hydrogens is 276 g/mol. The lowest BCUT2D eigenvalue weighted by Gasteiger charge is -2.25. The number of nitrogens with one attached hydrogen (secondary N) is 3. The van der Waals surface area contributed by atoms with Crippen LogP contribution >= 0.6 is 12.4 Å². The van der Waals surface area contributed by atoms with E-state index in [4.69, 9.17) is 0 Å². The van der Waals surface area contributed by atoms with Gasteiger partial charge in [0.05, 0.1) is 16.6 Å². The van der Waals surface area contributed by atoms with Gasteiger partial charge in [-0.2, -0.15) is 0 Å². The van der Waals surface area contributed by atoms with E-state index in [1.54, 1.807) is 0 Å². The van der Waals surface area contributed by atoms with Crippen molar-refractivity contribution < 1.29 is 4.79 Å². The number of rotatable bonds is 3. The Morgan fingerprint density at radius 2 is 2.25 bits per heavy atom. The molecule has 2 aromatic rings. The minimum atomic E-state index is -0.432. The van der Waals surface area contributed by atoms with Crippen LogP contribution in [0.1, 0.15) is 26.2 Å². The molecule has 1 unspecified atom stereocenters. The van der Waals surface area contributed by atoms with Crippen LogP contribution < -0.4 is 10.6 Å². The highest BCUT2D eigenvalue weighted by atomic mass is 35.5. The van der Waals surface area contributed by atoms with Gasteiger partial charge in [-0.25, -0.2) is 4.98 Å². The molecule has 108 valence electrons. The molecule has 0 saturated carbocycles. The van der Waals surface area contributed by atoms with E-state index in [-0.39, 0.29) is 18.3 Å². The summed E-state index contributed by atoms with van der Waals surface area (Å²) >= 11 is 0. The maximum absolute atomic E-state index is 12.4. The van der Waals surface area contributed by atoms with Gasteiger partial charge in [-0.3, -0.25) is 10.1 Å². The van der Waals surface area contributed by atoms with Crippen LogP contribution in [-0.2, 0) is 4.79 Å². The van der Waals surface area contributed by atoms with Gasteiger partial charge in [0.15, 0.2) is 0 Å². The second-order valence-corrected chi connectivity index (χ2v) is 5.02. The van der Waals surface area contributed by atoms with Crippen molar-refractivity contribution >= 4 is 35.3 Å². The van der Waals surface area contributed by atoms with Crippen molar-refractivity contribution in [2.45, 2.75) is 31.7 Å². The third-order valence-corrected chi connectivity index (χ3v) is 3.90. The molecule has 0 bridgehead atoms. The fraction of sp³-hybridized carbons (Fsp3) is 0.429. The Kier molecular flexibility index (Phi) is 4.30. The summed E-state index contributed by atoms with van der Waals surface area (Å²) in [6.45, 7) is 2.94. The van der Waals surface area contributed by atoms with Crippen molar-refractivity contribution in [3.8, 4) is 0 Å². The van der Waals surface area contributed by atoms with Gasteiger partial charge in [0.2, 0.25) is 11.9 Å². The number of carbonyl (C=O) groups excluding carboxylic acids is 1. The Hall–Kier alpha value is -1.59. The van der Waals surface area contributed by atoms with Crippen molar-refractivity contribution in [1.29, 1.82) is 0 Å². The predicted octanol–water partition coefficient (Wildman–Crippen LogP) is 2.46. The van der Waals surface area contributed by atoms with Crippen molar-refractivity contribution in [2.75, 3.05) is 11.9 Å². The van der Waals surface area contributed by atoms with Gasteiger partial charge < -0.3 is 10.3 Å². The van der Waals surface area contributed by atoms with E-state index in [9.17, 15) is 4.79 Å². The Morgan fingerprint density at radius 1 is 1.45 bits per heavy atom. The van der Waals surface area contributed by atoms with Crippen LogP contribution in [0.5, 0.6) is 0 Å². The van der Waals surface area contributed by atoms with Crippen LogP contribution in [0.25, 0.3) is 11.0 Å². The number of nitrogens with zero attached hydrogens (tertiary/aromatic N) is 1. The van der Waals surface area contributed by atoms with Crippen LogP contribution in [0.15, 0.2) is 24.3 Å². The molecule has 1 saturated heterocycles. The number of fused-ring (bicyclic) bond motifs is 1. The number of aromatic amines is 1. The number of hydrogen-bond donors (Lipinski definition) is 3. The molecule has 1 aliphatic heterocycles. The monoisotopic (exact) mass is 294 g/mol. The Bertz CT molecular complexity index is 571. The summed E-state index contributed by atoms with van der Waals surface area (Å²) in [7, 11) is 0. The van der Waals surface area contributed by atoms with Gasteiger partial charge >= 0.3 is 0 Å². The van der Waals surface area contributed by atoms with E-state index in [0.29, 0.717) is 5.95 Å². The lowest BCUT2D eigenvalue weighted by atomic mass is 9.93. The van der Waals surface area contributed by atoms with Crippen LogP contribution in [0, 0.1) is 0 Å². The van der Waals surface area contributed by atoms with Crippen molar-refractivity contribution in [3.05, 3.63) is 24.3 Å². The molecule has 3 rings (SSSR count). The first-order valence-electron chi connectivity index (χ1n) is 6.75. The zero-order chi connectivity index (χ0) is 13.3. The number of anilines is 1. The fourth-order valence-corrected chi connectivity index (χ4v) is 2.70. The van der Waals surface area contributed by atoms with Crippen molar-refractivity contribution in [2.24, 2.45) is 0 Å². The largest absolute Gasteiger partial charge is 0.324 e. The molecular formula is C14H19ClN4O. The molecule has 1 fully saturated rings. The second-order valence-electron chi connectivity index (χ2n) is 5.02. The number of amides is 1. The molecule has 1 aliphatic rings. The quantitative estimate of drug-likeness (QED) is 0.814. The van der Waals surface area contributed by atoms with Gasteiger partial charge in [-0.1, -0.05) is 19.1 Å². The molecule has 2 heterocycles.